The Morgan fingerprint density at radius 3 is 2.96 bits per heavy atom. The third-order valence-electron chi connectivity index (χ3n) is 3.05. The van der Waals surface area contributed by atoms with Crippen LogP contribution in [-0.4, -0.2) is 45.5 Å². The predicted molar refractivity (Wildman–Crippen MR) is 96.7 cm³/mol. The van der Waals surface area contributed by atoms with Crippen LogP contribution in [-0.2, 0) is 4.79 Å². The Bertz CT molecular complexity index is 708. The lowest BCUT2D eigenvalue weighted by molar-refractivity contribution is -0.118. The lowest BCUT2D eigenvalue weighted by Gasteiger charge is -2.25. The SMILES string of the molecule is O=C(CSc1ncccn1)NN=Cc1cccc(OC2CSC2)c1. The first-order chi connectivity index (χ1) is 11.8. The van der Waals surface area contributed by atoms with E-state index < -0.39 is 0 Å². The van der Waals surface area contributed by atoms with E-state index in [2.05, 4.69) is 20.5 Å². The summed E-state index contributed by atoms with van der Waals surface area (Å²) in [5.74, 6) is 2.91. The monoisotopic (exact) mass is 360 g/mol. The zero-order valence-corrected chi connectivity index (χ0v) is 14.4. The zero-order chi connectivity index (χ0) is 16.6. The number of rotatable bonds is 7. The molecule has 1 fully saturated rings. The molecule has 1 saturated heterocycles. The zero-order valence-electron chi connectivity index (χ0n) is 12.8. The molecular formula is C16H16N4O2S2. The summed E-state index contributed by atoms with van der Waals surface area (Å²) in [5, 5.41) is 4.54. The van der Waals surface area contributed by atoms with Crippen LogP contribution in [0.2, 0.25) is 0 Å². The van der Waals surface area contributed by atoms with Crippen LogP contribution in [0.1, 0.15) is 5.56 Å². The highest BCUT2D eigenvalue weighted by molar-refractivity contribution is 8.00. The normalized spacial score (nSPS) is 14.3. The van der Waals surface area contributed by atoms with Crippen molar-refractivity contribution in [2.24, 2.45) is 5.10 Å². The van der Waals surface area contributed by atoms with Gasteiger partial charge in [-0.25, -0.2) is 15.4 Å². The molecule has 0 atom stereocenters. The van der Waals surface area contributed by atoms with E-state index in [1.807, 2.05) is 36.0 Å². The first-order valence-corrected chi connectivity index (χ1v) is 9.50. The molecule has 0 aliphatic carbocycles. The number of hydrogen-bond donors (Lipinski definition) is 1. The Labute approximate surface area is 148 Å². The molecule has 1 N–H and O–H groups in total. The van der Waals surface area contributed by atoms with Gasteiger partial charge in [-0.05, 0) is 23.8 Å². The number of nitrogens with one attached hydrogen (secondary N) is 1. The van der Waals surface area contributed by atoms with Crippen LogP contribution in [0.4, 0.5) is 0 Å². The molecular weight excluding hydrogens is 344 g/mol. The number of thioether (sulfide) groups is 2. The molecule has 6 nitrogen and oxygen atoms in total. The van der Waals surface area contributed by atoms with Gasteiger partial charge in [0.1, 0.15) is 11.9 Å². The van der Waals surface area contributed by atoms with Gasteiger partial charge in [0, 0.05) is 23.9 Å². The fraction of sp³-hybridized carbons (Fsp3) is 0.250. The van der Waals surface area contributed by atoms with Crippen molar-refractivity contribution in [1.82, 2.24) is 15.4 Å². The molecule has 1 amide bonds. The van der Waals surface area contributed by atoms with E-state index in [1.54, 1.807) is 24.7 Å². The molecule has 1 aliphatic heterocycles. The summed E-state index contributed by atoms with van der Waals surface area (Å²) in [7, 11) is 0. The average molecular weight is 360 g/mol. The van der Waals surface area contributed by atoms with E-state index in [4.69, 9.17) is 4.74 Å². The molecule has 2 aromatic rings. The van der Waals surface area contributed by atoms with Crippen molar-refractivity contribution in [1.29, 1.82) is 0 Å². The van der Waals surface area contributed by atoms with Crippen LogP contribution in [0, 0.1) is 0 Å². The van der Waals surface area contributed by atoms with E-state index >= 15 is 0 Å². The second-order valence-corrected chi connectivity index (χ2v) is 6.98. The molecule has 1 aromatic carbocycles. The van der Waals surface area contributed by atoms with E-state index in [9.17, 15) is 4.79 Å². The molecule has 0 spiro atoms. The minimum Gasteiger partial charge on any atom is -0.489 e. The standard InChI is InChI=1S/C16H16N4O2S2/c21-15(11-24-16-17-5-2-6-18-16)20-19-8-12-3-1-4-13(7-12)22-14-9-23-10-14/h1-8,14H,9-11H2,(H,20,21). The van der Waals surface area contributed by atoms with Gasteiger partial charge in [-0.3, -0.25) is 4.79 Å². The minimum absolute atomic E-state index is 0.206. The Morgan fingerprint density at radius 1 is 1.38 bits per heavy atom. The highest BCUT2D eigenvalue weighted by Crippen LogP contribution is 2.24. The van der Waals surface area contributed by atoms with Crippen LogP contribution < -0.4 is 10.2 Å². The molecule has 0 radical (unpaired) electrons. The maximum Gasteiger partial charge on any atom is 0.250 e. The first kappa shape index (κ1) is 16.8. The fourth-order valence-electron chi connectivity index (χ4n) is 1.84. The maximum absolute atomic E-state index is 11.7. The topological polar surface area (TPSA) is 76.5 Å². The van der Waals surface area contributed by atoms with Crippen molar-refractivity contribution in [2.75, 3.05) is 17.3 Å². The van der Waals surface area contributed by atoms with Crippen molar-refractivity contribution >= 4 is 35.6 Å². The Balaban J connectivity index is 1.45. The fourth-order valence-corrected chi connectivity index (χ4v) is 3.00. The summed E-state index contributed by atoms with van der Waals surface area (Å²) >= 11 is 3.14. The van der Waals surface area contributed by atoms with E-state index in [-0.39, 0.29) is 11.7 Å². The van der Waals surface area contributed by atoms with Gasteiger partial charge in [0.05, 0.1) is 12.0 Å². The Morgan fingerprint density at radius 2 is 2.21 bits per heavy atom. The molecule has 0 bridgehead atoms. The molecule has 2 heterocycles. The van der Waals surface area contributed by atoms with Crippen molar-refractivity contribution in [3.05, 3.63) is 48.3 Å². The van der Waals surface area contributed by atoms with E-state index in [0.717, 1.165) is 22.8 Å². The number of aromatic nitrogens is 2. The first-order valence-electron chi connectivity index (χ1n) is 7.36. The summed E-state index contributed by atoms with van der Waals surface area (Å²) in [6.45, 7) is 0. The molecule has 0 saturated carbocycles. The molecule has 1 aliphatic rings. The summed E-state index contributed by atoms with van der Waals surface area (Å²) in [5.41, 5.74) is 3.37. The van der Waals surface area contributed by atoms with E-state index in [1.165, 1.54) is 11.8 Å². The molecule has 8 heteroatoms. The largest absolute Gasteiger partial charge is 0.489 e. The number of hydrazone groups is 1. The number of ether oxygens (including phenoxy) is 1. The van der Waals surface area contributed by atoms with Gasteiger partial charge >= 0.3 is 0 Å². The predicted octanol–water partition coefficient (Wildman–Crippen LogP) is 2.21. The quantitative estimate of drug-likeness (QED) is 0.353. The van der Waals surface area contributed by atoms with Crippen LogP contribution in [0.15, 0.2) is 53.0 Å². The van der Waals surface area contributed by atoms with E-state index in [0.29, 0.717) is 11.3 Å². The van der Waals surface area contributed by atoms with Crippen LogP contribution in [0.3, 0.4) is 0 Å². The number of carbonyl (C=O) groups is 1. The molecule has 124 valence electrons. The Hall–Kier alpha value is -2.06. The van der Waals surface area contributed by atoms with Crippen LogP contribution in [0.5, 0.6) is 5.75 Å². The van der Waals surface area contributed by atoms with Gasteiger partial charge in [-0.15, -0.1) is 0 Å². The summed E-state index contributed by atoms with van der Waals surface area (Å²) in [4.78, 5) is 19.8. The Kier molecular flexibility index (Phi) is 6.08. The highest BCUT2D eigenvalue weighted by Gasteiger charge is 2.19. The van der Waals surface area contributed by atoms with Crippen molar-refractivity contribution in [3.8, 4) is 5.75 Å². The van der Waals surface area contributed by atoms with Crippen LogP contribution in [0.25, 0.3) is 0 Å². The minimum atomic E-state index is -0.206. The lowest BCUT2D eigenvalue weighted by atomic mass is 10.2. The highest BCUT2D eigenvalue weighted by atomic mass is 32.2. The smallest absolute Gasteiger partial charge is 0.250 e. The maximum atomic E-state index is 11.7. The van der Waals surface area contributed by atoms with Gasteiger partial charge < -0.3 is 4.74 Å². The molecule has 24 heavy (non-hydrogen) atoms. The number of carbonyl (C=O) groups excluding carboxylic acids is 1. The van der Waals surface area contributed by atoms with Gasteiger partial charge in [-0.2, -0.15) is 16.9 Å². The van der Waals surface area contributed by atoms with Crippen molar-refractivity contribution in [3.63, 3.8) is 0 Å². The third kappa shape index (κ3) is 5.24. The van der Waals surface area contributed by atoms with Crippen molar-refractivity contribution < 1.29 is 9.53 Å². The molecule has 1 aromatic heterocycles. The van der Waals surface area contributed by atoms with Crippen molar-refractivity contribution in [2.45, 2.75) is 11.3 Å². The number of nitrogens with zero attached hydrogens (tertiary/aromatic N) is 3. The number of benzene rings is 1. The lowest BCUT2D eigenvalue weighted by Crippen LogP contribution is -2.31. The second kappa shape index (κ2) is 8.70. The van der Waals surface area contributed by atoms with Gasteiger partial charge in [0.25, 0.3) is 5.91 Å². The number of hydrogen-bond acceptors (Lipinski definition) is 7. The molecule has 0 unspecified atom stereocenters. The van der Waals surface area contributed by atoms with Gasteiger partial charge in [0.2, 0.25) is 0 Å². The summed E-state index contributed by atoms with van der Waals surface area (Å²) in [6.07, 6.45) is 5.19. The number of amides is 1. The average Bonchev–Trinajstić information content (AvgIpc) is 2.58. The van der Waals surface area contributed by atoms with Gasteiger partial charge in [0.15, 0.2) is 5.16 Å². The summed E-state index contributed by atoms with van der Waals surface area (Å²) in [6, 6.07) is 9.38. The van der Waals surface area contributed by atoms with Gasteiger partial charge in [-0.1, -0.05) is 23.9 Å². The summed E-state index contributed by atoms with van der Waals surface area (Å²) < 4.78 is 5.82. The van der Waals surface area contributed by atoms with Crippen LogP contribution >= 0.6 is 23.5 Å². The third-order valence-corrected chi connectivity index (χ3v) is 5.14. The molecule has 3 rings (SSSR count). The second-order valence-electron chi connectivity index (χ2n) is 4.96.